The number of carbonyl (C=O) groups excluding carboxylic acids is 1. The zero-order valence-corrected chi connectivity index (χ0v) is 10.4. The van der Waals surface area contributed by atoms with Gasteiger partial charge in [0.15, 0.2) is 0 Å². The lowest BCUT2D eigenvalue weighted by Gasteiger charge is -2.08. The first-order valence-electron chi connectivity index (χ1n) is 6.04. The molecule has 0 aromatic rings. The summed E-state index contributed by atoms with van der Waals surface area (Å²) in [4.78, 5) is 11.5. The summed E-state index contributed by atoms with van der Waals surface area (Å²) in [5.41, 5.74) is -0.166. The van der Waals surface area contributed by atoms with Crippen LogP contribution in [0, 0.1) is 5.92 Å². The van der Waals surface area contributed by atoms with Crippen molar-refractivity contribution in [2.45, 2.75) is 58.0 Å². The van der Waals surface area contributed by atoms with Gasteiger partial charge in [-0.15, -0.1) is 0 Å². The second kappa shape index (κ2) is 4.00. The van der Waals surface area contributed by atoms with Gasteiger partial charge in [-0.1, -0.05) is 6.92 Å². The van der Waals surface area contributed by atoms with Gasteiger partial charge in [0.2, 0.25) is 0 Å². The quantitative estimate of drug-likeness (QED) is 0.529. The number of carbonyl (C=O) groups is 1. The Balaban J connectivity index is 1.85. The van der Waals surface area contributed by atoms with Crippen LogP contribution in [0.2, 0.25) is 0 Å². The Bertz CT molecular complexity index is 291. The van der Waals surface area contributed by atoms with Crippen molar-refractivity contribution in [3.05, 3.63) is 0 Å². The number of esters is 1. The van der Waals surface area contributed by atoms with Crippen molar-refractivity contribution in [1.82, 2.24) is 0 Å². The van der Waals surface area contributed by atoms with Crippen LogP contribution < -0.4 is 0 Å². The lowest BCUT2D eigenvalue weighted by atomic mass is 9.95. The molecule has 2 rings (SSSR count). The van der Waals surface area contributed by atoms with Crippen molar-refractivity contribution in [2.24, 2.45) is 5.92 Å². The lowest BCUT2D eigenvalue weighted by molar-refractivity contribution is -0.148. The Kier molecular flexibility index (Phi) is 2.97. The fourth-order valence-electron chi connectivity index (χ4n) is 2.38. The number of hydrogen-bond donors (Lipinski definition) is 0. The molecule has 0 saturated carbocycles. The van der Waals surface area contributed by atoms with Crippen LogP contribution in [0.1, 0.15) is 34.1 Å². The van der Waals surface area contributed by atoms with E-state index in [4.69, 9.17) is 14.2 Å². The summed E-state index contributed by atoms with van der Waals surface area (Å²) in [5.74, 6) is -0.365. The third-order valence-electron chi connectivity index (χ3n) is 3.59. The Labute approximate surface area is 96.2 Å². The molecule has 0 bridgehead atoms. The first-order valence-corrected chi connectivity index (χ1v) is 6.04. The van der Waals surface area contributed by atoms with Gasteiger partial charge in [-0.05, 0) is 27.2 Å². The monoisotopic (exact) mass is 228 g/mol. The molecule has 0 radical (unpaired) electrons. The van der Waals surface area contributed by atoms with E-state index < -0.39 is 0 Å². The van der Waals surface area contributed by atoms with Crippen LogP contribution in [0.5, 0.6) is 0 Å². The summed E-state index contributed by atoms with van der Waals surface area (Å²) in [6.07, 6.45) is 1.32. The Hall–Kier alpha value is -0.610. The number of hydrogen-bond acceptors (Lipinski definition) is 4. The van der Waals surface area contributed by atoms with E-state index in [-0.39, 0.29) is 35.8 Å². The fraction of sp³-hybridized carbons (Fsp3) is 0.917. The summed E-state index contributed by atoms with van der Waals surface area (Å²) >= 11 is 0. The molecule has 3 unspecified atom stereocenters. The largest absolute Gasteiger partial charge is 0.466 e. The van der Waals surface area contributed by atoms with Gasteiger partial charge in [0.05, 0.1) is 18.6 Å². The van der Waals surface area contributed by atoms with Crippen molar-refractivity contribution in [1.29, 1.82) is 0 Å². The van der Waals surface area contributed by atoms with E-state index in [0.29, 0.717) is 6.61 Å². The molecule has 2 saturated heterocycles. The van der Waals surface area contributed by atoms with Gasteiger partial charge in [-0.2, -0.15) is 0 Å². The van der Waals surface area contributed by atoms with Crippen LogP contribution >= 0.6 is 0 Å². The van der Waals surface area contributed by atoms with Crippen molar-refractivity contribution in [3.63, 3.8) is 0 Å². The Morgan fingerprint density at radius 2 is 2.19 bits per heavy atom. The van der Waals surface area contributed by atoms with Gasteiger partial charge < -0.3 is 14.2 Å². The van der Waals surface area contributed by atoms with E-state index in [2.05, 4.69) is 13.8 Å². The maximum atomic E-state index is 11.5. The maximum absolute atomic E-state index is 11.5. The van der Waals surface area contributed by atoms with E-state index in [1.54, 1.807) is 0 Å². The van der Waals surface area contributed by atoms with Gasteiger partial charge in [-0.3, -0.25) is 4.79 Å². The van der Waals surface area contributed by atoms with Crippen molar-refractivity contribution >= 4 is 5.97 Å². The highest BCUT2D eigenvalue weighted by atomic mass is 16.7. The molecule has 5 atom stereocenters. The normalized spacial score (nSPS) is 42.6. The van der Waals surface area contributed by atoms with Crippen molar-refractivity contribution in [2.75, 3.05) is 6.61 Å². The van der Waals surface area contributed by atoms with Crippen molar-refractivity contribution in [3.8, 4) is 0 Å². The molecule has 0 spiro atoms. The topological polar surface area (TPSA) is 51.4 Å². The van der Waals surface area contributed by atoms with E-state index in [0.717, 1.165) is 6.42 Å². The van der Waals surface area contributed by atoms with E-state index in [1.165, 1.54) is 0 Å². The van der Waals surface area contributed by atoms with Gasteiger partial charge in [-0.25, -0.2) is 0 Å². The summed E-state index contributed by atoms with van der Waals surface area (Å²) in [7, 11) is 0. The van der Waals surface area contributed by atoms with Gasteiger partial charge in [0, 0.05) is 0 Å². The third kappa shape index (κ3) is 1.84. The molecule has 0 aromatic carbocycles. The SMILES string of the molecule is CCOC(=O)C(C)C1OC1[C@@]1(C)O[C@@H]1CC. The molecule has 92 valence electrons. The first-order chi connectivity index (χ1) is 7.54. The molecule has 2 fully saturated rings. The smallest absolute Gasteiger partial charge is 0.311 e. The second-order valence-corrected chi connectivity index (χ2v) is 4.76. The highest BCUT2D eigenvalue weighted by Gasteiger charge is 2.67. The number of epoxide rings is 2. The van der Waals surface area contributed by atoms with E-state index in [1.807, 2.05) is 13.8 Å². The zero-order chi connectivity index (χ0) is 11.9. The molecule has 2 heterocycles. The highest BCUT2D eigenvalue weighted by molar-refractivity contribution is 5.73. The Morgan fingerprint density at radius 1 is 1.50 bits per heavy atom. The number of ether oxygens (including phenoxy) is 3. The standard InChI is InChI=1S/C12H20O4/c1-5-8-12(4,16-8)10-9(15-10)7(3)11(13)14-6-2/h7-10H,5-6H2,1-4H3/t7?,8-,9?,10?,12+/m1/s1. The summed E-state index contributed by atoms with van der Waals surface area (Å²) < 4.78 is 16.2. The van der Waals surface area contributed by atoms with Crippen LogP contribution in [-0.4, -0.2) is 36.5 Å². The number of rotatable bonds is 5. The molecule has 2 aliphatic rings. The van der Waals surface area contributed by atoms with Crippen LogP contribution in [0.15, 0.2) is 0 Å². The molecule has 0 amide bonds. The molecular weight excluding hydrogens is 208 g/mol. The second-order valence-electron chi connectivity index (χ2n) is 4.76. The molecule has 0 aliphatic carbocycles. The molecule has 0 aromatic heterocycles. The van der Waals surface area contributed by atoms with E-state index >= 15 is 0 Å². The molecule has 0 N–H and O–H groups in total. The molecular formula is C12H20O4. The molecule has 2 aliphatic heterocycles. The summed E-state index contributed by atoms with van der Waals surface area (Å²) in [5, 5.41) is 0. The van der Waals surface area contributed by atoms with Crippen molar-refractivity contribution < 1.29 is 19.0 Å². The molecule has 4 heteroatoms. The average Bonchev–Trinajstić information content (AvgIpc) is 3.11. The minimum Gasteiger partial charge on any atom is -0.466 e. The third-order valence-corrected chi connectivity index (χ3v) is 3.59. The van der Waals surface area contributed by atoms with Gasteiger partial charge >= 0.3 is 5.97 Å². The highest BCUT2D eigenvalue weighted by Crippen LogP contribution is 2.51. The van der Waals surface area contributed by atoms with Gasteiger partial charge in [0.25, 0.3) is 0 Å². The van der Waals surface area contributed by atoms with Crippen LogP contribution in [0.4, 0.5) is 0 Å². The zero-order valence-electron chi connectivity index (χ0n) is 10.4. The summed E-state index contributed by atoms with van der Waals surface area (Å²) in [6, 6.07) is 0. The van der Waals surface area contributed by atoms with Gasteiger partial charge in [0.1, 0.15) is 17.8 Å². The predicted molar refractivity (Wildman–Crippen MR) is 58.0 cm³/mol. The average molecular weight is 228 g/mol. The fourth-order valence-corrected chi connectivity index (χ4v) is 2.38. The van der Waals surface area contributed by atoms with E-state index in [9.17, 15) is 4.79 Å². The molecule has 4 nitrogen and oxygen atoms in total. The lowest BCUT2D eigenvalue weighted by Crippen LogP contribution is -2.27. The predicted octanol–water partition coefficient (Wildman–Crippen LogP) is 1.52. The maximum Gasteiger partial charge on any atom is 0.311 e. The first kappa shape index (κ1) is 11.9. The summed E-state index contributed by atoms with van der Waals surface area (Å²) in [6.45, 7) is 8.25. The minimum absolute atomic E-state index is 0.0272. The van der Waals surface area contributed by atoms with Crippen LogP contribution in [-0.2, 0) is 19.0 Å². The van der Waals surface area contributed by atoms with Crippen LogP contribution in [0.25, 0.3) is 0 Å². The van der Waals surface area contributed by atoms with Crippen LogP contribution in [0.3, 0.4) is 0 Å². The minimum atomic E-state index is -0.191. The Morgan fingerprint density at radius 3 is 2.69 bits per heavy atom. The molecule has 16 heavy (non-hydrogen) atoms.